The van der Waals surface area contributed by atoms with Crippen molar-refractivity contribution >= 4 is 17.6 Å². The zero-order valence-electron chi connectivity index (χ0n) is 20.1. The van der Waals surface area contributed by atoms with E-state index in [2.05, 4.69) is 5.32 Å². The van der Waals surface area contributed by atoms with Gasteiger partial charge in [0.15, 0.2) is 0 Å². The number of ether oxygens (including phenoxy) is 1. The van der Waals surface area contributed by atoms with Gasteiger partial charge in [0.2, 0.25) is 0 Å². The first-order valence-corrected chi connectivity index (χ1v) is 12.7. The highest BCUT2D eigenvalue weighted by molar-refractivity contribution is 5.97. The third-order valence-corrected chi connectivity index (χ3v) is 8.05. The van der Waals surface area contributed by atoms with E-state index in [0.29, 0.717) is 18.0 Å². The van der Waals surface area contributed by atoms with Crippen molar-refractivity contribution in [3.05, 3.63) is 65.0 Å². The third-order valence-electron chi connectivity index (χ3n) is 8.05. The summed E-state index contributed by atoms with van der Waals surface area (Å²) in [5.74, 6) is -2.49. The summed E-state index contributed by atoms with van der Waals surface area (Å²) in [6, 6.07) is 12.0. The molecule has 35 heavy (non-hydrogen) atoms. The van der Waals surface area contributed by atoms with E-state index in [1.807, 2.05) is 24.3 Å². The highest BCUT2D eigenvalue weighted by atomic mass is 19.1. The van der Waals surface area contributed by atoms with Gasteiger partial charge in [-0.3, -0.25) is 9.59 Å². The number of hydrogen-bond donors (Lipinski definition) is 2. The first-order valence-electron chi connectivity index (χ1n) is 12.7. The topological polar surface area (TPSA) is 78.9 Å². The minimum atomic E-state index is -0.909. The molecule has 1 aliphatic carbocycles. The van der Waals surface area contributed by atoms with Crippen molar-refractivity contribution in [2.75, 3.05) is 18.5 Å². The Morgan fingerprint density at radius 1 is 1.06 bits per heavy atom. The number of carbonyl (C=O) groups excluding carboxylic acids is 1. The van der Waals surface area contributed by atoms with Crippen LogP contribution in [0.2, 0.25) is 0 Å². The van der Waals surface area contributed by atoms with Gasteiger partial charge < -0.3 is 20.1 Å². The Hall–Kier alpha value is -2.93. The Bertz CT molecular complexity index is 1060. The molecule has 0 spiro atoms. The number of carboxylic acid groups (broad SMARTS) is 1. The number of amides is 1. The van der Waals surface area contributed by atoms with Crippen molar-refractivity contribution in [2.24, 2.45) is 11.8 Å². The second-order valence-corrected chi connectivity index (χ2v) is 10.2. The van der Waals surface area contributed by atoms with E-state index in [0.717, 1.165) is 56.6 Å². The average Bonchev–Trinajstić information content (AvgIpc) is 3.32. The molecule has 3 fully saturated rings. The van der Waals surface area contributed by atoms with Crippen LogP contribution in [0.25, 0.3) is 0 Å². The number of halogens is 1. The Labute approximate surface area is 205 Å². The van der Waals surface area contributed by atoms with Gasteiger partial charge in [-0.15, -0.1) is 0 Å². The summed E-state index contributed by atoms with van der Waals surface area (Å²) >= 11 is 0. The van der Waals surface area contributed by atoms with Crippen LogP contribution < -0.4 is 5.32 Å². The number of likely N-dealkylation sites (tertiary alicyclic amines) is 1. The average molecular weight is 481 g/mol. The van der Waals surface area contributed by atoms with Crippen molar-refractivity contribution in [3.8, 4) is 0 Å². The van der Waals surface area contributed by atoms with E-state index < -0.39 is 29.7 Å². The van der Waals surface area contributed by atoms with Crippen molar-refractivity contribution in [2.45, 2.75) is 63.6 Å². The largest absolute Gasteiger partial charge is 0.481 e. The quantitative estimate of drug-likeness (QED) is 0.616. The van der Waals surface area contributed by atoms with Gasteiger partial charge in [0, 0.05) is 31.0 Å². The Morgan fingerprint density at radius 2 is 1.80 bits per heavy atom. The third kappa shape index (κ3) is 4.66. The summed E-state index contributed by atoms with van der Waals surface area (Å²) < 4.78 is 20.3. The van der Waals surface area contributed by atoms with Crippen LogP contribution in [0.15, 0.2) is 42.5 Å². The van der Waals surface area contributed by atoms with E-state index in [1.165, 1.54) is 6.07 Å². The molecule has 0 bridgehead atoms. The number of hydrogen-bond acceptors (Lipinski definition) is 4. The lowest BCUT2D eigenvalue weighted by atomic mass is 9.76. The summed E-state index contributed by atoms with van der Waals surface area (Å²) in [6.07, 6.45) is 5.08. The molecule has 2 saturated heterocycles. The fourth-order valence-corrected chi connectivity index (χ4v) is 6.31. The predicted molar refractivity (Wildman–Crippen MR) is 131 cm³/mol. The number of carbonyl (C=O) groups is 2. The summed E-state index contributed by atoms with van der Waals surface area (Å²) in [4.78, 5) is 28.1. The number of nitrogens with one attached hydrogen (secondary N) is 1. The maximum atomic E-state index is 14.9. The van der Waals surface area contributed by atoms with Crippen molar-refractivity contribution in [1.82, 2.24) is 4.90 Å². The molecule has 2 N–H and O–H groups in total. The van der Waals surface area contributed by atoms with E-state index in [9.17, 15) is 19.1 Å². The standard InChI is InChI=1S/C28H33FN2O4/c1-17-4-2-6-23(29)25(17)27(32)31-24-7-3-5-19(24)16-22(28(33)34)26(31)18-8-10-20(11-9-18)30-21-12-14-35-15-13-21/h2,4,6,8-11,19,21-22,24,26,30H,3,5,7,12-16H2,1H3,(H,33,34). The van der Waals surface area contributed by atoms with Gasteiger partial charge in [-0.1, -0.05) is 30.7 Å². The van der Waals surface area contributed by atoms with Gasteiger partial charge in [0.25, 0.3) is 5.91 Å². The molecule has 2 heterocycles. The smallest absolute Gasteiger partial charge is 0.308 e. The molecule has 1 saturated carbocycles. The number of carboxylic acids is 1. The number of anilines is 1. The highest BCUT2D eigenvalue weighted by Gasteiger charge is 2.50. The van der Waals surface area contributed by atoms with Crippen LogP contribution in [-0.4, -0.2) is 47.2 Å². The number of rotatable bonds is 5. The minimum Gasteiger partial charge on any atom is -0.481 e. The number of piperidine rings is 1. The highest BCUT2D eigenvalue weighted by Crippen LogP contribution is 2.48. The predicted octanol–water partition coefficient (Wildman–Crippen LogP) is 5.18. The summed E-state index contributed by atoms with van der Waals surface area (Å²) in [5.41, 5.74) is 2.36. The molecular formula is C28H33FN2O4. The maximum absolute atomic E-state index is 14.9. The molecule has 0 aromatic heterocycles. The van der Waals surface area contributed by atoms with Crippen LogP contribution in [0.5, 0.6) is 0 Å². The zero-order valence-corrected chi connectivity index (χ0v) is 20.1. The molecule has 186 valence electrons. The van der Waals surface area contributed by atoms with Gasteiger partial charge in [0.1, 0.15) is 5.82 Å². The summed E-state index contributed by atoms with van der Waals surface area (Å²) in [5, 5.41) is 13.7. The number of benzene rings is 2. The molecule has 7 heteroatoms. The lowest BCUT2D eigenvalue weighted by molar-refractivity contribution is -0.147. The van der Waals surface area contributed by atoms with E-state index in [1.54, 1.807) is 24.0 Å². The van der Waals surface area contributed by atoms with E-state index in [4.69, 9.17) is 4.74 Å². The first kappa shape index (κ1) is 23.8. The maximum Gasteiger partial charge on any atom is 0.308 e. The lowest BCUT2D eigenvalue weighted by Crippen LogP contribution is -2.53. The molecule has 2 aromatic carbocycles. The van der Waals surface area contributed by atoms with Crippen molar-refractivity contribution in [1.29, 1.82) is 0 Å². The van der Waals surface area contributed by atoms with Crippen LogP contribution >= 0.6 is 0 Å². The SMILES string of the molecule is Cc1cccc(F)c1C(=O)N1C2CCCC2CC(C(=O)O)C1c1ccc(NC2CCOCC2)cc1. The molecule has 2 aromatic rings. The van der Waals surface area contributed by atoms with Crippen LogP contribution in [0.4, 0.5) is 10.1 Å². The summed E-state index contributed by atoms with van der Waals surface area (Å²) in [7, 11) is 0. The lowest BCUT2D eigenvalue weighted by Gasteiger charge is -2.47. The molecular weight excluding hydrogens is 447 g/mol. The first-order chi connectivity index (χ1) is 16.9. The van der Waals surface area contributed by atoms with Crippen molar-refractivity contribution in [3.63, 3.8) is 0 Å². The fourth-order valence-electron chi connectivity index (χ4n) is 6.31. The van der Waals surface area contributed by atoms with Gasteiger partial charge in [-0.05, 0) is 74.3 Å². The van der Waals surface area contributed by atoms with E-state index >= 15 is 0 Å². The van der Waals surface area contributed by atoms with Gasteiger partial charge >= 0.3 is 5.97 Å². The molecule has 4 atom stereocenters. The number of nitrogens with zero attached hydrogens (tertiary/aromatic N) is 1. The molecule has 2 aliphatic heterocycles. The Balaban J connectivity index is 1.51. The second-order valence-electron chi connectivity index (χ2n) is 10.2. The molecule has 6 nitrogen and oxygen atoms in total. The van der Waals surface area contributed by atoms with Crippen LogP contribution in [-0.2, 0) is 9.53 Å². The summed E-state index contributed by atoms with van der Waals surface area (Å²) in [6.45, 7) is 3.22. The molecule has 1 amide bonds. The molecule has 5 rings (SSSR count). The molecule has 0 radical (unpaired) electrons. The van der Waals surface area contributed by atoms with E-state index in [-0.39, 0.29) is 17.5 Å². The number of fused-ring (bicyclic) bond motifs is 1. The molecule has 3 aliphatic rings. The van der Waals surface area contributed by atoms with Crippen LogP contribution in [0.3, 0.4) is 0 Å². The minimum absolute atomic E-state index is 0.0481. The Kier molecular flexibility index (Phi) is 6.78. The van der Waals surface area contributed by atoms with Gasteiger partial charge in [-0.2, -0.15) is 0 Å². The van der Waals surface area contributed by atoms with Crippen molar-refractivity contribution < 1.29 is 23.8 Å². The zero-order chi connectivity index (χ0) is 24.5. The second kappa shape index (κ2) is 9.97. The van der Waals surface area contributed by atoms with Gasteiger partial charge in [0.05, 0.1) is 17.5 Å². The molecule has 4 unspecified atom stereocenters. The van der Waals surface area contributed by atoms with Crippen LogP contribution in [0.1, 0.15) is 66.1 Å². The number of aliphatic carboxylic acids is 1. The Morgan fingerprint density at radius 3 is 2.49 bits per heavy atom. The fraction of sp³-hybridized carbons (Fsp3) is 0.500. The number of aryl methyl sites for hydroxylation is 1. The van der Waals surface area contributed by atoms with Gasteiger partial charge in [-0.25, -0.2) is 4.39 Å². The normalized spacial score (nSPS) is 26.9. The monoisotopic (exact) mass is 480 g/mol. The van der Waals surface area contributed by atoms with Crippen LogP contribution in [0, 0.1) is 24.6 Å².